The molecule has 0 spiro atoms. The number of carbonyl (C=O) groups is 2. The van der Waals surface area contributed by atoms with E-state index in [2.05, 4.69) is 11.9 Å². The maximum atomic E-state index is 13.7. The molecule has 6 rings (SSSR count). The largest absolute Gasteiger partial charge is 0.445 e. The van der Waals surface area contributed by atoms with Crippen molar-refractivity contribution in [2.24, 2.45) is 11.8 Å². The van der Waals surface area contributed by atoms with Gasteiger partial charge in [0.1, 0.15) is 16.5 Å². The molecule has 2 aliphatic heterocycles. The number of nitrogens with zero attached hydrogens (tertiary/aromatic N) is 2. The normalized spacial score (nSPS) is 18.8. The van der Waals surface area contributed by atoms with Crippen LogP contribution >= 0.6 is 11.3 Å². The van der Waals surface area contributed by atoms with Gasteiger partial charge in [0.25, 0.3) is 5.91 Å². The van der Waals surface area contributed by atoms with Gasteiger partial charge in [-0.05, 0) is 79.8 Å². The van der Waals surface area contributed by atoms with Crippen LogP contribution in [0.15, 0.2) is 59.6 Å². The Bertz CT molecular complexity index is 1530. The molecule has 0 radical (unpaired) electrons. The van der Waals surface area contributed by atoms with Crippen molar-refractivity contribution in [1.82, 2.24) is 9.88 Å². The number of ether oxygens (including phenoxy) is 2. The lowest BCUT2D eigenvalue weighted by atomic mass is 9.82. The Labute approximate surface area is 251 Å². The summed E-state index contributed by atoms with van der Waals surface area (Å²) in [6.07, 6.45) is 5.73. The van der Waals surface area contributed by atoms with Crippen molar-refractivity contribution in [3.63, 3.8) is 0 Å². The molecule has 3 aliphatic rings. The molecule has 0 bridgehead atoms. The number of ketones is 1. The molecule has 3 fully saturated rings. The van der Waals surface area contributed by atoms with Gasteiger partial charge in [-0.1, -0.05) is 36.5 Å². The number of aromatic nitrogens is 1. The molecular weight excluding hydrogens is 572 g/mol. The van der Waals surface area contributed by atoms with Gasteiger partial charge in [0, 0.05) is 37.8 Å². The summed E-state index contributed by atoms with van der Waals surface area (Å²) in [5.41, 5.74) is 1.43. The summed E-state index contributed by atoms with van der Waals surface area (Å²) < 4.78 is 36.9. The van der Waals surface area contributed by atoms with E-state index in [1.807, 2.05) is 17.0 Å². The fraction of sp³-hybridized carbons (Fsp3) is 0.469. The number of benzene rings is 2. The molecule has 3 heterocycles. The van der Waals surface area contributed by atoms with Crippen molar-refractivity contribution in [2.75, 3.05) is 26.3 Å². The van der Waals surface area contributed by atoms with Crippen molar-refractivity contribution in [3.05, 3.63) is 70.9 Å². The lowest BCUT2D eigenvalue weighted by Crippen LogP contribution is -2.48. The van der Waals surface area contributed by atoms with Gasteiger partial charge < -0.3 is 14.4 Å². The summed E-state index contributed by atoms with van der Waals surface area (Å²) in [6, 6.07) is 14.1. The molecule has 2 saturated heterocycles. The fourth-order valence-electron chi connectivity index (χ4n) is 5.78. The van der Waals surface area contributed by atoms with Crippen LogP contribution in [0.4, 0.5) is 0 Å². The molecule has 1 aliphatic carbocycles. The molecule has 1 aromatic heterocycles. The summed E-state index contributed by atoms with van der Waals surface area (Å²) in [7, 11) is -3.28. The van der Waals surface area contributed by atoms with E-state index >= 15 is 0 Å². The summed E-state index contributed by atoms with van der Waals surface area (Å²) in [6.45, 7) is 5.06. The van der Waals surface area contributed by atoms with Crippen molar-refractivity contribution >= 4 is 32.9 Å². The Balaban J connectivity index is 1.14. The van der Waals surface area contributed by atoms with Gasteiger partial charge in [0.05, 0.1) is 22.8 Å². The van der Waals surface area contributed by atoms with Crippen molar-refractivity contribution in [3.8, 4) is 10.8 Å². The topological polar surface area (TPSA) is 103 Å². The van der Waals surface area contributed by atoms with Gasteiger partial charge in [-0.15, -0.1) is 0 Å². The molecule has 1 amide bonds. The van der Waals surface area contributed by atoms with Gasteiger partial charge >= 0.3 is 0 Å². The van der Waals surface area contributed by atoms with E-state index in [9.17, 15) is 18.0 Å². The van der Waals surface area contributed by atoms with Gasteiger partial charge in [-0.25, -0.2) is 13.4 Å². The lowest BCUT2D eigenvalue weighted by Gasteiger charge is -2.37. The molecule has 42 heavy (non-hydrogen) atoms. The third-order valence-electron chi connectivity index (χ3n) is 8.38. The van der Waals surface area contributed by atoms with Gasteiger partial charge in [0.15, 0.2) is 9.84 Å². The molecule has 222 valence electrons. The fourth-order valence-corrected chi connectivity index (χ4v) is 8.23. The first-order valence-electron chi connectivity index (χ1n) is 14.7. The Morgan fingerprint density at radius 3 is 2.50 bits per heavy atom. The highest BCUT2D eigenvalue weighted by molar-refractivity contribution is 7.92. The molecule has 0 N–H and O–H groups in total. The van der Waals surface area contributed by atoms with E-state index < -0.39 is 9.84 Å². The van der Waals surface area contributed by atoms with E-state index in [4.69, 9.17) is 9.47 Å². The first-order valence-corrected chi connectivity index (χ1v) is 17.1. The highest BCUT2D eigenvalue weighted by atomic mass is 32.2. The molecule has 2 aromatic carbocycles. The van der Waals surface area contributed by atoms with Crippen molar-refractivity contribution in [2.45, 2.75) is 61.5 Å². The summed E-state index contributed by atoms with van der Waals surface area (Å²) in [5, 5.41) is 0.939. The Morgan fingerprint density at radius 1 is 1.07 bits per heavy atom. The van der Waals surface area contributed by atoms with E-state index in [1.54, 1.807) is 42.6 Å². The van der Waals surface area contributed by atoms with Gasteiger partial charge in [-0.3, -0.25) is 9.59 Å². The number of sulfone groups is 1. The summed E-state index contributed by atoms with van der Waals surface area (Å²) in [5.74, 6) is 1.15. The summed E-state index contributed by atoms with van der Waals surface area (Å²) >= 11 is 1.32. The number of amides is 1. The first-order chi connectivity index (χ1) is 20.3. The highest BCUT2D eigenvalue weighted by Gasteiger charge is 2.37. The Hall–Kier alpha value is -3.08. The third kappa shape index (κ3) is 6.61. The van der Waals surface area contributed by atoms with Crippen LogP contribution < -0.4 is 4.74 Å². The molecule has 0 unspecified atom stereocenters. The van der Waals surface area contributed by atoms with Crippen LogP contribution in [0.25, 0.3) is 0 Å². The Morgan fingerprint density at radius 2 is 1.81 bits per heavy atom. The number of thiazole rings is 1. The number of Topliss-reactive ketones (excluding diaryl/α,β-unsaturated/α-hetero) is 1. The maximum absolute atomic E-state index is 13.7. The van der Waals surface area contributed by atoms with Crippen LogP contribution in [0.5, 0.6) is 10.8 Å². The van der Waals surface area contributed by atoms with Crippen LogP contribution in [-0.4, -0.2) is 61.5 Å². The van der Waals surface area contributed by atoms with Crippen molar-refractivity contribution in [1.29, 1.82) is 0 Å². The SMILES string of the molecule is CC1CN(C(=O)c2cccc(Oc3cnc(CC(=O)[C@H](CC4CCOCC4)c4ccc(S(=O)(=O)C5CC5)cc4)s3)c2)C1. The summed E-state index contributed by atoms with van der Waals surface area (Å²) in [4.78, 5) is 33.1. The molecule has 8 nitrogen and oxygen atoms in total. The van der Waals surface area contributed by atoms with E-state index in [0.717, 1.165) is 44.3 Å². The zero-order chi connectivity index (χ0) is 29.3. The quantitative estimate of drug-likeness (QED) is 0.276. The van der Waals surface area contributed by atoms with Crippen molar-refractivity contribution < 1.29 is 27.5 Å². The van der Waals surface area contributed by atoms with Crippen LogP contribution in [0.2, 0.25) is 0 Å². The monoisotopic (exact) mass is 608 g/mol. The standard InChI is InChI=1S/C32H36N2O6S2/c1-21-19-34(20-21)32(36)24-3-2-4-25(16-24)40-31-18-33-30(41-31)17-29(35)28(15-22-11-13-39-14-12-22)23-5-7-26(8-6-23)42(37,38)27-9-10-27/h2-8,16,18,21-22,27-28H,9-15,17,19-20H2,1H3/t28-/m1/s1. The van der Waals surface area contributed by atoms with E-state index in [0.29, 0.717) is 57.7 Å². The zero-order valence-corrected chi connectivity index (χ0v) is 25.4. The first kappa shape index (κ1) is 29.0. The number of hydrogen-bond acceptors (Lipinski definition) is 8. The second-order valence-corrected chi connectivity index (χ2v) is 15.1. The predicted octanol–water partition coefficient (Wildman–Crippen LogP) is 5.68. The average molecular weight is 609 g/mol. The van der Waals surface area contributed by atoms with Crippen LogP contribution in [0.3, 0.4) is 0 Å². The van der Waals surface area contributed by atoms with Gasteiger partial charge in [0.2, 0.25) is 5.06 Å². The zero-order valence-electron chi connectivity index (χ0n) is 23.7. The highest BCUT2D eigenvalue weighted by Crippen LogP contribution is 2.36. The molecule has 3 aromatic rings. The van der Waals surface area contributed by atoms with E-state index in [1.165, 1.54) is 11.3 Å². The lowest BCUT2D eigenvalue weighted by molar-refractivity contribution is -0.120. The number of hydrogen-bond donors (Lipinski definition) is 0. The number of likely N-dealkylation sites (tertiary alicyclic amines) is 1. The molecule has 1 saturated carbocycles. The smallest absolute Gasteiger partial charge is 0.254 e. The predicted molar refractivity (Wildman–Crippen MR) is 160 cm³/mol. The minimum absolute atomic E-state index is 0.00267. The molecule has 1 atom stereocenters. The minimum Gasteiger partial charge on any atom is -0.445 e. The number of carbonyl (C=O) groups excluding carboxylic acids is 2. The third-order valence-corrected chi connectivity index (χ3v) is 11.5. The Kier molecular flexibility index (Phi) is 8.47. The minimum atomic E-state index is -3.28. The van der Waals surface area contributed by atoms with Crippen LogP contribution in [0.1, 0.15) is 65.9 Å². The number of rotatable bonds is 11. The van der Waals surface area contributed by atoms with E-state index in [-0.39, 0.29) is 29.3 Å². The second-order valence-electron chi connectivity index (χ2n) is 11.8. The molecular formula is C32H36N2O6S2. The van der Waals surface area contributed by atoms with Crippen LogP contribution in [0, 0.1) is 11.8 Å². The van der Waals surface area contributed by atoms with Gasteiger partial charge in [-0.2, -0.15) is 0 Å². The van der Waals surface area contributed by atoms with Crippen LogP contribution in [-0.2, 0) is 25.8 Å². The second kappa shape index (κ2) is 12.3. The maximum Gasteiger partial charge on any atom is 0.254 e. The average Bonchev–Trinajstić information content (AvgIpc) is 3.76. The molecule has 10 heteroatoms.